The van der Waals surface area contributed by atoms with Gasteiger partial charge in [0.15, 0.2) is 0 Å². The number of ether oxygens (including phenoxy) is 1. The molecule has 2 aromatic carbocycles. The molecule has 1 N–H and O–H groups in total. The molecule has 2 rings (SSSR count). The topological polar surface area (TPSA) is 55.4 Å². The molecule has 5 heteroatoms. The standard InChI is InChI=1S/C17H16FNO3/c1-22-17(21)13-7-3-5-9-15(13)19-16(20)11-10-12-6-2-4-8-14(12)18/h2-9H,10-11H2,1H3,(H,19,20). The van der Waals surface area contributed by atoms with Crippen molar-refractivity contribution < 1.29 is 18.7 Å². The van der Waals surface area contributed by atoms with Crippen molar-refractivity contribution in [3.05, 3.63) is 65.5 Å². The van der Waals surface area contributed by atoms with Gasteiger partial charge in [-0.25, -0.2) is 9.18 Å². The van der Waals surface area contributed by atoms with Gasteiger partial charge in [0.2, 0.25) is 5.91 Å². The number of hydrogen-bond donors (Lipinski definition) is 1. The third-order valence-electron chi connectivity index (χ3n) is 3.19. The number of nitrogens with one attached hydrogen (secondary N) is 1. The fraction of sp³-hybridized carbons (Fsp3) is 0.176. The van der Waals surface area contributed by atoms with Crippen LogP contribution in [0.4, 0.5) is 10.1 Å². The predicted octanol–water partition coefficient (Wildman–Crippen LogP) is 3.18. The minimum Gasteiger partial charge on any atom is -0.465 e. The number of carbonyl (C=O) groups is 2. The molecule has 0 heterocycles. The summed E-state index contributed by atoms with van der Waals surface area (Å²) in [5, 5.41) is 2.65. The number of hydrogen-bond acceptors (Lipinski definition) is 3. The summed E-state index contributed by atoms with van der Waals surface area (Å²) in [7, 11) is 1.28. The monoisotopic (exact) mass is 301 g/mol. The first-order valence-corrected chi connectivity index (χ1v) is 6.82. The van der Waals surface area contributed by atoms with Crippen LogP contribution in [0.3, 0.4) is 0 Å². The molecule has 2 aromatic rings. The van der Waals surface area contributed by atoms with Crippen molar-refractivity contribution in [2.24, 2.45) is 0 Å². The number of carbonyl (C=O) groups excluding carboxylic acids is 2. The van der Waals surface area contributed by atoms with E-state index in [1.807, 2.05) is 0 Å². The van der Waals surface area contributed by atoms with E-state index in [0.29, 0.717) is 17.7 Å². The number of rotatable bonds is 5. The number of aryl methyl sites for hydroxylation is 1. The van der Waals surface area contributed by atoms with Gasteiger partial charge in [0, 0.05) is 6.42 Å². The number of para-hydroxylation sites is 1. The summed E-state index contributed by atoms with van der Waals surface area (Å²) in [6.07, 6.45) is 0.412. The first-order chi connectivity index (χ1) is 10.6. The van der Waals surface area contributed by atoms with E-state index in [1.165, 1.54) is 13.2 Å². The Morgan fingerprint density at radius 3 is 2.50 bits per heavy atom. The number of esters is 1. The van der Waals surface area contributed by atoms with Crippen LogP contribution in [-0.4, -0.2) is 19.0 Å². The highest BCUT2D eigenvalue weighted by atomic mass is 19.1. The van der Waals surface area contributed by atoms with Crippen LogP contribution in [0, 0.1) is 5.82 Å². The summed E-state index contributed by atoms with van der Waals surface area (Å²) in [4.78, 5) is 23.6. The van der Waals surface area contributed by atoms with Crippen LogP contribution < -0.4 is 5.32 Å². The number of halogens is 1. The molecular weight excluding hydrogens is 285 g/mol. The molecule has 0 atom stereocenters. The van der Waals surface area contributed by atoms with Crippen molar-refractivity contribution in [3.63, 3.8) is 0 Å². The van der Waals surface area contributed by atoms with Gasteiger partial charge in [-0.15, -0.1) is 0 Å². The largest absolute Gasteiger partial charge is 0.465 e. The molecule has 0 bridgehead atoms. The lowest BCUT2D eigenvalue weighted by atomic mass is 10.1. The Hall–Kier alpha value is -2.69. The van der Waals surface area contributed by atoms with E-state index in [2.05, 4.69) is 10.1 Å². The molecule has 0 fully saturated rings. The number of benzene rings is 2. The fourth-order valence-corrected chi connectivity index (χ4v) is 2.04. The molecule has 0 spiro atoms. The van der Waals surface area contributed by atoms with Crippen LogP contribution in [0.15, 0.2) is 48.5 Å². The summed E-state index contributed by atoms with van der Waals surface area (Å²) < 4.78 is 18.2. The molecule has 114 valence electrons. The van der Waals surface area contributed by atoms with Gasteiger partial charge in [0.25, 0.3) is 0 Å². The fourth-order valence-electron chi connectivity index (χ4n) is 2.04. The second kappa shape index (κ2) is 7.36. The predicted molar refractivity (Wildman–Crippen MR) is 81.1 cm³/mol. The van der Waals surface area contributed by atoms with Crippen molar-refractivity contribution in [1.29, 1.82) is 0 Å². The Balaban J connectivity index is 2.01. The van der Waals surface area contributed by atoms with E-state index in [4.69, 9.17) is 0 Å². The highest BCUT2D eigenvalue weighted by Crippen LogP contribution is 2.17. The maximum Gasteiger partial charge on any atom is 0.339 e. The van der Waals surface area contributed by atoms with Gasteiger partial charge >= 0.3 is 5.97 Å². The maximum atomic E-state index is 13.5. The smallest absolute Gasteiger partial charge is 0.339 e. The SMILES string of the molecule is COC(=O)c1ccccc1NC(=O)CCc1ccccc1F. The Bertz CT molecular complexity index is 685. The summed E-state index contributed by atoms with van der Waals surface area (Å²) in [5.74, 6) is -1.14. The van der Waals surface area contributed by atoms with Gasteiger partial charge in [-0.1, -0.05) is 30.3 Å². The van der Waals surface area contributed by atoms with Crippen LogP contribution in [0.1, 0.15) is 22.3 Å². The molecule has 0 saturated heterocycles. The first kappa shape index (κ1) is 15.7. The zero-order valence-electron chi connectivity index (χ0n) is 12.1. The third kappa shape index (κ3) is 3.91. The van der Waals surface area contributed by atoms with Crippen molar-refractivity contribution in [3.8, 4) is 0 Å². The zero-order valence-corrected chi connectivity index (χ0v) is 12.1. The molecule has 1 amide bonds. The normalized spacial score (nSPS) is 10.1. The van der Waals surface area contributed by atoms with Crippen molar-refractivity contribution in [1.82, 2.24) is 0 Å². The van der Waals surface area contributed by atoms with Gasteiger partial charge in [-0.2, -0.15) is 0 Å². The van der Waals surface area contributed by atoms with E-state index < -0.39 is 5.97 Å². The zero-order chi connectivity index (χ0) is 15.9. The van der Waals surface area contributed by atoms with Gasteiger partial charge in [-0.3, -0.25) is 4.79 Å². The molecule has 4 nitrogen and oxygen atoms in total. The minimum absolute atomic E-state index is 0.121. The van der Waals surface area contributed by atoms with Crippen LogP contribution in [0.2, 0.25) is 0 Å². The lowest BCUT2D eigenvalue weighted by molar-refractivity contribution is -0.116. The van der Waals surface area contributed by atoms with Crippen LogP contribution >= 0.6 is 0 Å². The summed E-state index contributed by atoms with van der Waals surface area (Å²) in [6, 6.07) is 12.9. The molecule has 0 aliphatic rings. The van der Waals surface area contributed by atoms with E-state index in [1.54, 1.807) is 42.5 Å². The molecule has 0 saturated carbocycles. The van der Waals surface area contributed by atoms with Crippen LogP contribution in [0.25, 0.3) is 0 Å². The quantitative estimate of drug-likeness (QED) is 0.863. The summed E-state index contributed by atoms with van der Waals surface area (Å²) >= 11 is 0. The Morgan fingerprint density at radius 1 is 1.09 bits per heavy atom. The lowest BCUT2D eigenvalue weighted by Gasteiger charge is -2.09. The molecule has 0 aliphatic heterocycles. The van der Waals surface area contributed by atoms with E-state index in [-0.39, 0.29) is 23.7 Å². The molecule has 22 heavy (non-hydrogen) atoms. The van der Waals surface area contributed by atoms with Crippen molar-refractivity contribution in [2.45, 2.75) is 12.8 Å². The van der Waals surface area contributed by atoms with Crippen molar-refractivity contribution in [2.75, 3.05) is 12.4 Å². The van der Waals surface area contributed by atoms with E-state index in [0.717, 1.165) is 0 Å². The minimum atomic E-state index is -0.523. The highest BCUT2D eigenvalue weighted by molar-refractivity contribution is 6.01. The van der Waals surface area contributed by atoms with Gasteiger partial charge in [0.05, 0.1) is 18.4 Å². The average molecular weight is 301 g/mol. The summed E-state index contributed by atoms with van der Waals surface area (Å²) in [5.41, 5.74) is 1.15. The molecule has 0 aromatic heterocycles. The van der Waals surface area contributed by atoms with Crippen molar-refractivity contribution >= 4 is 17.6 Å². The van der Waals surface area contributed by atoms with E-state index in [9.17, 15) is 14.0 Å². The summed E-state index contributed by atoms with van der Waals surface area (Å²) in [6.45, 7) is 0. The van der Waals surface area contributed by atoms with Crippen LogP contribution in [-0.2, 0) is 16.0 Å². The first-order valence-electron chi connectivity index (χ1n) is 6.82. The lowest BCUT2D eigenvalue weighted by Crippen LogP contribution is -2.15. The number of anilines is 1. The van der Waals surface area contributed by atoms with Gasteiger partial charge in [-0.05, 0) is 30.2 Å². The Labute approximate surface area is 127 Å². The second-order valence-corrected chi connectivity index (χ2v) is 4.68. The average Bonchev–Trinajstić information content (AvgIpc) is 2.54. The molecule has 0 aliphatic carbocycles. The van der Waals surface area contributed by atoms with Gasteiger partial charge in [0.1, 0.15) is 5.82 Å². The number of methoxy groups -OCH3 is 1. The Morgan fingerprint density at radius 2 is 1.77 bits per heavy atom. The molecule has 0 radical (unpaired) electrons. The van der Waals surface area contributed by atoms with Crippen LogP contribution in [0.5, 0.6) is 0 Å². The maximum absolute atomic E-state index is 13.5. The van der Waals surface area contributed by atoms with E-state index >= 15 is 0 Å². The Kier molecular flexibility index (Phi) is 5.25. The van der Waals surface area contributed by atoms with Gasteiger partial charge < -0.3 is 10.1 Å². The second-order valence-electron chi connectivity index (χ2n) is 4.68. The number of amides is 1. The highest BCUT2D eigenvalue weighted by Gasteiger charge is 2.13. The third-order valence-corrected chi connectivity index (χ3v) is 3.19. The molecule has 0 unspecified atom stereocenters. The molecular formula is C17H16FNO3.